The van der Waals surface area contributed by atoms with Crippen molar-refractivity contribution < 1.29 is 0 Å². The lowest BCUT2D eigenvalue weighted by molar-refractivity contribution is 1.05. The average molecular weight is 969 g/mol. The van der Waals surface area contributed by atoms with Gasteiger partial charge in [0, 0.05) is 65.5 Å². The molecule has 5 aromatic heterocycles. The first kappa shape index (κ1) is 42.2. The predicted molar refractivity (Wildman–Crippen MR) is 316 cm³/mol. The van der Waals surface area contributed by atoms with Crippen LogP contribution in [0.2, 0.25) is 0 Å². The number of nitrogens with zero attached hydrogens (tertiary/aromatic N) is 6. The van der Waals surface area contributed by atoms with E-state index >= 15 is 0 Å². The molecule has 16 aromatic rings. The Morgan fingerprint density at radius 2 is 0.526 bits per heavy atom. The van der Waals surface area contributed by atoms with Crippen LogP contribution < -0.4 is 0 Å². The van der Waals surface area contributed by atoms with Crippen LogP contribution in [0.4, 0.5) is 0 Å². The van der Waals surface area contributed by atoms with Crippen molar-refractivity contribution in [1.29, 1.82) is 0 Å². The zero-order valence-electron chi connectivity index (χ0n) is 41.1. The number of hydrogen-bond acceptors (Lipinski definition) is 2. The molecule has 11 aromatic carbocycles. The van der Waals surface area contributed by atoms with E-state index in [-0.39, 0.29) is 0 Å². The van der Waals surface area contributed by atoms with E-state index in [1.807, 2.05) is 6.07 Å². The molecular formula is C70H44N6. The van der Waals surface area contributed by atoms with Gasteiger partial charge in [-0.3, -0.25) is 0 Å². The van der Waals surface area contributed by atoms with Crippen LogP contribution in [0, 0.1) is 0 Å². The molecule has 0 saturated carbocycles. The van der Waals surface area contributed by atoms with Crippen LogP contribution in [0.25, 0.3) is 144 Å². The maximum Gasteiger partial charge on any atom is 0.160 e. The van der Waals surface area contributed by atoms with Crippen molar-refractivity contribution in [2.45, 2.75) is 0 Å². The third-order valence-electron chi connectivity index (χ3n) is 15.6. The molecule has 0 radical (unpaired) electrons. The van der Waals surface area contributed by atoms with E-state index in [9.17, 15) is 0 Å². The molecule has 354 valence electrons. The van der Waals surface area contributed by atoms with Gasteiger partial charge in [0.2, 0.25) is 0 Å². The molecule has 16 rings (SSSR count). The predicted octanol–water partition coefficient (Wildman–Crippen LogP) is 17.9. The van der Waals surface area contributed by atoms with Crippen molar-refractivity contribution in [3.8, 4) is 56.7 Å². The Labute approximate surface area is 436 Å². The van der Waals surface area contributed by atoms with E-state index in [2.05, 4.69) is 279 Å². The van der Waals surface area contributed by atoms with E-state index < -0.39 is 0 Å². The molecule has 0 aliphatic heterocycles. The fraction of sp³-hybridized carbons (Fsp3) is 0. The van der Waals surface area contributed by atoms with Gasteiger partial charge in [-0.2, -0.15) is 0 Å². The van der Waals surface area contributed by atoms with Gasteiger partial charge in [0.05, 0.1) is 72.6 Å². The van der Waals surface area contributed by atoms with Gasteiger partial charge in [0.25, 0.3) is 0 Å². The molecule has 5 heterocycles. The topological polar surface area (TPSA) is 45.5 Å². The summed E-state index contributed by atoms with van der Waals surface area (Å²) in [6, 6.07) is 96.4. The molecule has 0 atom stereocenters. The van der Waals surface area contributed by atoms with Crippen LogP contribution >= 0.6 is 0 Å². The number of fused-ring (bicyclic) bond motifs is 12. The fourth-order valence-corrected chi connectivity index (χ4v) is 12.3. The largest absolute Gasteiger partial charge is 0.309 e. The molecule has 0 aliphatic rings. The summed E-state index contributed by atoms with van der Waals surface area (Å²) in [5, 5.41) is 9.62. The highest BCUT2D eigenvalue weighted by Gasteiger charge is 2.27. The first-order valence-corrected chi connectivity index (χ1v) is 25.9. The van der Waals surface area contributed by atoms with Crippen LogP contribution in [-0.4, -0.2) is 28.2 Å². The Morgan fingerprint density at radius 3 is 0.895 bits per heavy atom. The zero-order valence-corrected chi connectivity index (χ0v) is 41.1. The second kappa shape index (κ2) is 16.6. The summed E-state index contributed by atoms with van der Waals surface area (Å²) >= 11 is 0. The Hall–Kier alpha value is -10.3. The minimum Gasteiger partial charge on any atom is -0.309 e. The van der Waals surface area contributed by atoms with Crippen molar-refractivity contribution in [1.82, 2.24) is 28.2 Å². The van der Waals surface area contributed by atoms with Gasteiger partial charge in [-0.05, 0) is 78.9 Å². The summed E-state index contributed by atoms with van der Waals surface area (Å²) in [5.74, 6) is 0.655. The van der Waals surface area contributed by atoms with E-state index in [4.69, 9.17) is 9.97 Å². The Balaban J connectivity index is 1.03. The first-order chi connectivity index (χ1) is 37.7. The summed E-state index contributed by atoms with van der Waals surface area (Å²) in [7, 11) is 0. The number of rotatable bonds is 7. The van der Waals surface area contributed by atoms with Gasteiger partial charge in [-0.1, -0.05) is 188 Å². The summed E-state index contributed by atoms with van der Waals surface area (Å²) in [6.07, 6.45) is 0. The smallest absolute Gasteiger partial charge is 0.160 e. The summed E-state index contributed by atoms with van der Waals surface area (Å²) in [5.41, 5.74) is 17.8. The molecule has 0 aliphatic carbocycles. The Bertz CT molecular complexity index is 4640. The second-order valence-corrected chi connectivity index (χ2v) is 19.7. The SMILES string of the molecule is c1ccc(-c2nc(-c3ccc(-n4c5ccccc5c5ccccc54)cc3)cc(-c3cc(-n4c5ccccc5c5ccccc54)c(-n4c5ccccc5c5ccccc54)c(-n4c5ccccc5c5ccccc54)c3)n2)cc1. The van der Waals surface area contributed by atoms with Crippen LogP contribution in [0.1, 0.15) is 0 Å². The fourth-order valence-electron chi connectivity index (χ4n) is 12.3. The second-order valence-electron chi connectivity index (χ2n) is 19.7. The summed E-state index contributed by atoms with van der Waals surface area (Å²) in [4.78, 5) is 11.0. The van der Waals surface area contributed by atoms with Crippen molar-refractivity contribution in [2.24, 2.45) is 0 Å². The molecule has 0 bridgehead atoms. The Morgan fingerprint density at radius 1 is 0.224 bits per heavy atom. The monoisotopic (exact) mass is 968 g/mol. The zero-order chi connectivity index (χ0) is 49.8. The molecule has 0 unspecified atom stereocenters. The van der Waals surface area contributed by atoms with Gasteiger partial charge in [-0.25, -0.2) is 9.97 Å². The van der Waals surface area contributed by atoms with E-state index in [1.54, 1.807) is 0 Å². The molecule has 76 heavy (non-hydrogen) atoms. The normalized spacial score (nSPS) is 11.9. The average Bonchev–Trinajstić information content (AvgIpc) is 4.24. The molecule has 6 nitrogen and oxygen atoms in total. The maximum atomic E-state index is 5.57. The quantitative estimate of drug-likeness (QED) is 0.160. The Kier molecular flexibility index (Phi) is 9.23. The van der Waals surface area contributed by atoms with Crippen molar-refractivity contribution in [3.63, 3.8) is 0 Å². The van der Waals surface area contributed by atoms with Crippen LogP contribution in [0.5, 0.6) is 0 Å². The molecular weight excluding hydrogens is 925 g/mol. The first-order valence-electron chi connectivity index (χ1n) is 25.9. The number of aromatic nitrogens is 6. The van der Waals surface area contributed by atoms with Crippen molar-refractivity contribution in [3.05, 3.63) is 267 Å². The van der Waals surface area contributed by atoms with E-state index in [0.717, 1.165) is 83.9 Å². The lowest BCUT2D eigenvalue weighted by Crippen LogP contribution is -2.10. The lowest BCUT2D eigenvalue weighted by atomic mass is 10.0. The molecule has 0 fully saturated rings. The maximum absolute atomic E-state index is 5.57. The van der Waals surface area contributed by atoms with Crippen LogP contribution in [0.3, 0.4) is 0 Å². The minimum absolute atomic E-state index is 0.655. The number of para-hydroxylation sites is 8. The highest BCUT2D eigenvalue weighted by molar-refractivity contribution is 6.14. The molecule has 0 N–H and O–H groups in total. The van der Waals surface area contributed by atoms with Gasteiger partial charge >= 0.3 is 0 Å². The van der Waals surface area contributed by atoms with Crippen molar-refractivity contribution in [2.75, 3.05) is 0 Å². The van der Waals surface area contributed by atoms with Crippen LogP contribution in [0.15, 0.2) is 267 Å². The van der Waals surface area contributed by atoms with Gasteiger partial charge in [-0.15, -0.1) is 0 Å². The molecule has 0 amide bonds. The highest BCUT2D eigenvalue weighted by Crippen LogP contribution is 2.45. The van der Waals surface area contributed by atoms with Gasteiger partial charge in [0.1, 0.15) is 0 Å². The highest BCUT2D eigenvalue weighted by atomic mass is 15.1. The number of benzene rings is 11. The molecule has 0 spiro atoms. The molecule has 6 heteroatoms. The lowest BCUT2D eigenvalue weighted by Gasteiger charge is -2.23. The summed E-state index contributed by atoms with van der Waals surface area (Å²) < 4.78 is 9.84. The van der Waals surface area contributed by atoms with Gasteiger partial charge < -0.3 is 18.3 Å². The van der Waals surface area contributed by atoms with Crippen molar-refractivity contribution >= 4 is 87.2 Å². The molecule has 0 saturated heterocycles. The van der Waals surface area contributed by atoms with E-state index in [0.29, 0.717) is 5.82 Å². The number of hydrogen-bond donors (Lipinski definition) is 0. The summed E-state index contributed by atoms with van der Waals surface area (Å²) in [6.45, 7) is 0. The van der Waals surface area contributed by atoms with E-state index in [1.165, 1.54) is 54.1 Å². The van der Waals surface area contributed by atoms with Crippen LogP contribution in [-0.2, 0) is 0 Å². The third kappa shape index (κ3) is 6.28. The third-order valence-corrected chi connectivity index (χ3v) is 15.6. The van der Waals surface area contributed by atoms with Gasteiger partial charge in [0.15, 0.2) is 5.82 Å². The minimum atomic E-state index is 0.655. The standard InChI is InChI=1S/C70H44N6/c1-2-20-46(21-3-1)70-71-57(45-38-40-48(41-39-45)73-59-30-12-4-22-49(59)50-23-5-13-31-60(50)73)44-58(72-70)47-42-67(74-61-32-14-6-24-51(61)52-25-7-15-33-62(52)74)69(76-65-36-18-10-28-55(65)56-29-11-19-37-66(56)76)68(43-47)75-63-34-16-8-26-53(63)54-27-9-17-35-64(54)75/h1-44H.